The number of anilines is 2. The number of benzene rings is 2. The molecule has 3 rings (SSSR count). The zero-order valence-corrected chi connectivity index (χ0v) is 19.5. The van der Waals surface area contributed by atoms with Gasteiger partial charge in [0.15, 0.2) is 16.4 Å². The summed E-state index contributed by atoms with van der Waals surface area (Å²) in [6.45, 7) is 7.56. The fourth-order valence-electron chi connectivity index (χ4n) is 3.85. The van der Waals surface area contributed by atoms with Gasteiger partial charge in [-0.25, -0.2) is 8.42 Å². The quantitative estimate of drug-likeness (QED) is 0.715. The maximum atomic E-state index is 13.5. The van der Waals surface area contributed by atoms with Gasteiger partial charge >= 0.3 is 0 Å². The van der Waals surface area contributed by atoms with Crippen LogP contribution in [0.4, 0.5) is 11.4 Å². The first-order valence-corrected chi connectivity index (χ1v) is 11.5. The van der Waals surface area contributed by atoms with Gasteiger partial charge in [-0.3, -0.25) is 9.10 Å². The lowest BCUT2D eigenvalue weighted by Crippen LogP contribution is -2.39. The Balaban J connectivity index is 2.18. The third kappa shape index (κ3) is 3.87. The fourth-order valence-corrected chi connectivity index (χ4v) is 5.60. The molecule has 0 aromatic heterocycles. The summed E-state index contributed by atoms with van der Waals surface area (Å²) in [6.07, 6.45) is 0. The van der Waals surface area contributed by atoms with Crippen LogP contribution in [0.1, 0.15) is 44.7 Å². The van der Waals surface area contributed by atoms with Crippen LogP contribution < -0.4 is 19.1 Å². The Morgan fingerprint density at radius 3 is 2.29 bits per heavy atom. The third-order valence-electron chi connectivity index (χ3n) is 5.39. The minimum absolute atomic E-state index is 0.164. The number of sulfonamides is 1. The van der Waals surface area contributed by atoms with Gasteiger partial charge in [-0.2, -0.15) is 0 Å². The minimum Gasteiger partial charge on any atom is -0.493 e. The maximum absolute atomic E-state index is 13.5. The largest absolute Gasteiger partial charge is 0.493 e. The molecular weight excluding hydrogens is 416 g/mol. The average Bonchev–Trinajstić information content (AvgIpc) is 2.72. The zero-order valence-electron chi connectivity index (χ0n) is 18.6. The van der Waals surface area contributed by atoms with Crippen molar-refractivity contribution in [2.45, 2.75) is 33.6 Å². The van der Waals surface area contributed by atoms with Gasteiger partial charge in [0.05, 0.1) is 19.9 Å². The van der Waals surface area contributed by atoms with E-state index in [-0.39, 0.29) is 17.4 Å². The van der Waals surface area contributed by atoms with Crippen LogP contribution in [0.3, 0.4) is 0 Å². The van der Waals surface area contributed by atoms with Gasteiger partial charge in [0.1, 0.15) is 0 Å². The van der Waals surface area contributed by atoms with E-state index in [4.69, 9.17) is 9.47 Å². The van der Waals surface area contributed by atoms with Gasteiger partial charge in [-0.15, -0.1) is 0 Å². The van der Waals surface area contributed by atoms with Crippen LogP contribution in [-0.4, -0.2) is 35.1 Å². The van der Waals surface area contributed by atoms with E-state index in [0.29, 0.717) is 34.0 Å². The van der Waals surface area contributed by atoms with Crippen molar-refractivity contribution in [3.63, 3.8) is 0 Å². The first kappa shape index (κ1) is 22.7. The van der Waals surface area contributed by atoms with Crippen molar-refractivity contribution >= 4 is 32.9 Å². The molecule has 1 aliphatic rings. The number of rotatable bonds is 6. The number of carbonyl (C=O) groups excluding carboxylic acids is 1. The first-order valence-electron chi connectivity index (χ1n) is 10.1. The number of nitrogens with one attached hydrogen (secondary N) is 1. The number of ether oxygens (including phenoxy) is 2. The second kappa shape index (κ2) is 8.63. The van der Waals surface area contributed by atoms with Crippen molar-refractivity contribution in [3.05, 3.63) is 52.4 Å². The predicted octanol–water partition coefficient (Wildman–Crippen LogP) is 4.37. The van der Waals surface area contributed by atoms with Gasteiger partial charge in [0, 0.05) is 23.9 Å². The van der Waals surface area contributed by atoms with Gasteiger partial charge in [0.25, 0.3) is 15.9 Å². The van der Waals surface area contributed by atoms with E-state index in [9.17, 15) is 13.2 Å². The number of methoxy groups -OCH3 is 2. The molecule has 0 saturated carbocycles. The lowest BCUT2D eigenvalue weighted by molar-refractivity contribution is -0.112. The summed E-state index contributed by atoms with van der Waals surface area (Å²) in [5, 5.41) is 2.82. The summed E-state index contributed by atoms with van der Waals surface area (Å²) < 4.78 is 38.9. The molecule has 0 bridgehead atoms. The SMILES string of the molecule is CCN1c2cc(OC)c(OC)cc2C(C)=C(C(=O)Nc2ccccc2C(C)C)S1(=O)=O. The molecule has 31 heavy (non-hydrogen) atoms. The summed E-state index contributed by atoms with van der Waals surface area (Å²) in [7, 11) is -1.07. The number of hydrogen-bond acceptors (Lipinski definition) is 5. The molecule has 1 N–H and O–H groups in total. The number of fused-ring (bicyclic) bond motifs is 1. The molecule has 0 aliphatic carbocycles. The van der Waals surface area contributed by atoms with Crippen LogP contribution in [0.25, 0.3) is 5.57 Å². The summed E-state index contributed by atoms with van der Waals surface area (Å²) in [5.74, 6) is 0.381. The Bertz CT molecular complexity index is 1150. The molecule has 8 heteroatoms. The number of para-hydroxylation sites is 1. The molecule has 0 atom stereocenters. The first-order chi connectivity index (χ1) is 14.7. The van der Waals surface area contributed by atoms with E-state index in [1.54, 1.807) is 32.0 Å². The highest BCUT2D eigenvalue weighted by Gasteiger charge is 2.39. The summed E-state index contributed by atoms with van der Waals surface area (Å²) >= 11 is 0. The molecule has 0 spiro atoms. The molecule has 1 heterocycles. The van der Waals surface area contributed by atoms with Crippen LogP contribution in [0.5, 0.6) is 11.5 Å². The van der Waals surface area contributed by atoms with Crippen LogP contribution in [0, 0.1) is 0 Å². The van der Waals surface area contributed by atoms with E-state index in [1.165, 1.54) is 18.5 Å². The van der Waals surface area contributed by atoms with E-state index in [0.717, 1.165) is 5.56 Å². The lowest BCUT2D eigenvalue weighted by Gasteiger charge is -2.32. The summed E-state index contributed by atoms with van der Waals surface area (Å²) in [4.78, 5) is 13.0. The van der Waals surface area contributed by atoms with Crippen molar-refractivity contribution in [1.82, 2.24) is 0 Å². The maximum Gasteiger partial charge on any atom is 0.270 e. The topological polar surface area (TPSA) is 84.9 Å². The molecule has 0 radical (unpaired) electrons. The number of allylic oxidation sites excluding steroid dienone is 1. The molecule has 1 amide bonds. The molecule has 1 aliphatic heterocycles. The second-order valence-electron chi connectivity index (χ2n) is 7.54. The summed E-state index contributed by atoms with van der Waals surface area (Å²) in [6, 6.07) is 10.7. The molecule has 166 valence electrons. The molecule has 7 nitrogen and oxygen atoms in total. The molecule has 2 aromatic rings. The number of hydrogen-bond donors (Lipinski definition) is 1. The van der Waals surface area contributed by atoms with Crippen molar-refractivity contribution in [2.24, 2.45) is 0 Å². The monoisotopic (exact) mass is 444 g/mol. The Labute approximate surface area is 183 Å². The smallest absolute Gasteiger partial charge is 0.270 e. The molecule has 2 aromatic carbocycles. The Morgan fingerprint density at radius 1 is 1.10 bits per heavy atom. The highest BCUT2D eigenvalue weighted by Crippen LogP contribution is 2.45. The Kier molecular flexibility index (Phi) is 6.31. The predicted molar refractivity (Wildman–Crippen MR) is 123 cm³/mol. The zero-order chi connectivity index (χ0) is 22.9. The van der Waals surface area contributed by atoms with Gasteiger partial charge < -0.3 is 14.8 Å². The van der Waals surface area contributed by atoms with Crippen LogP contribution in [0.2, 0.25) is 0 Å². The van der Waals surface area contributed by atoms with Crippen molar-refractivity contribution < 1.29 is 22.7 Å². The highest BCUT2D eigenvalue weighted by molar-refractivity contribution is 7.97. The Morgan fingerprint density at radius 2 is 1.71 bits per heavy atom. The molecule has 0 unspecified atom stereocenters. The third-order valence-corrected chi connectivity index (χ3v) is 7.43. The van der Waals surface area contributed by atoms with E-state index < -0.39 is 15.9 Å². The highest BCUT2D eigenvalue weighted by atomic mass is 32.2. The van der Waals surface area contributed by atoms with Crippen LogP contribution >= 0.6 is 0 Å². The standard InChI is InChI=1S/C23H28N2O5S/c1-7-25-19-13-21(30-6)20(29-5)12-17(19)15(4)22(31(25,27)28)23(26)24-18-11-9-8-10-16(18)14(2)3/h8-14H,7H2,1-6H3,(H,24,26). The van der Waals surface area contributed by atoms with Crippen molar-refractivity contribution in [1.29, 1.82) is 0 Å². The van der Waals surface area contributed by atoms with E-state index in [1.807, 2.05) is 32.0 Å². The number of nitrogens with zero attached hydrogens (tertiary/aromatic N) is 1. The van der Waals surface area contributed by atoms with E-state index >= 15 is 0 Å². The second-order valence-corrected chi connectivity index (χ2v) is 9.34. The average molecular weight is 445 g/mol. The lowest BCUT2D eigenvalue weighted by atomic mass is 10.0. The molecule has 0 saturated heterocycles. The van der Waals surface area contributed by atoms with Crippen molar-refractivity contribution in [2.75, 3.05) is 30.4 Å². The van der Waals surface area contributed by atoms with Gasteiger partial charge in [-0.05, 0) is 43.0 Å². The van der Waals surface area contributed by atoms with Crippen molar-refractivity contribution in [3.8, 4) is 11.5 Å². The van der Waals surface area contributed by atoms with Crippen LogP contribution in [-0.2, 0) is 14.8 Å². The molecule has 0 fully saturated rings. The van der Waals surface area contributed by atoms with Crippen LogP contribution in [0.15, 0.2) is 41.3 Å². The molecular formula is C23H28N2O5S. The fraction of sp³-hybridized carbons (Fsp3) is 0.348. The normalized spacial score (nSPS) is 15.0. The Hall–Kier alpha value is -3.00. The van der Waals surface area contributed by atoms with Gasteiger partial charge in [0.2, 0.25) is 0 Å². The minimum atomic E-state index is -4.07. The summed E-state index contributed by atoms with van der Waals surface area (Å²) in [5.41, 5.74) is 2.95. The number of amides is 1. The van der Waals surface area contributed by atoms with E-state index in [2.05, 4.69) is 5.32 Å². The number of carbonyl (C=O) groups is 1. The van der Waals surface area contributed by atoms with Gasteiger partial charge in [-0.1, -0.05) is 32.0 Å².